The van der Waals surface area contributed by atoms with Gasteiger partial charge in [-0.15, -0.1) is 11.8 Å². The van der Waals surface area contributed by atoms with E-state index in [4.69, 9.17) is 23.2 Å². The summed E-state index contributed by atoms with van der Waals surface area (Å²) in [6.07, 6.45) is 0. The first kappa shape index (κ1) is 16.7. The van der Waals surface area contributed by atoms with Gasteiger partial charge in [0, 0.05) is 33.3 Å². The Morgan fingerprint density at radius 1 is 1.00 bits per heavy atom. The van der Waals surface area contributed by atoms with Crippen molar-refractivity contribution in [2.45, 2.75) is 37.1 Å². The van der Waals surface area contributed by atoms with E-state index in [0.717, 1.165) is 38.4 Å². The van der Waals surface area contributed by atoms with Crippen LogP contribution in [0, 0.1) is 0 Å². The van der Waals surface area contributed by atoms with Crippen LogP contribution in [0.25, 0.3) is 0 Å². The lowest BCUT2D eigenvalue weighted by atomic mass is 10.2. The van der Waals surface area contributed by atoms with E-state index in [1.807, 2.05) is 24.3 Å². The molecule has 0 radical (unpaired) electrons. The van der Waals surface area contributed by atoms with E-state index >= 15 is 0 Å². The van der Waals surface area contributed by atoms with Crippen molar-refractivity contribution in [1.29, 1.82) is 0 Å². The minimum absolute atomic E-state index is 0.454. The van der Waals surface area contributed by atoms with E-state index in [1.54, 1.807) is 11.8 Å². The van der Waals surface area contributed by atoms with E-state index in [0.29, 0.717) is 6.04 Å². The topological polar surface area (TPSA) is 12.0 Å². The minimum atomic E-state index is 0.454. The van der Waals surface area contributed by atoms with Crippen LogP contribution in [0.3, 0.4) is 0 Å². The molecule has 2 rings (SSSR count). The molecule has 112 valence electrons. The van der Waals surface area contributed by atoms with Crippen LogP contribution in [-0.2, 0) is 12.3 Å². The predicted octanol–water partition coefficient (Wildman–Crippen LogP) is 5.78. The van der Waals surface area contributed by atoms with Crippen LogP contribution in [0.5, 0.6) is 0 Å². The van der Waals surface area contributed by atoms with Gasteiger partial charge in [0.25, 0.3) is 0 Å². The highest BCUT2D eigenvalue weighted by Gasteiger charge is 2.05. The number of benzene rings is 2. The lowest BCUT2D eigenvalue weighted by Gasteiger charge is -2.11. The third kappa shape index (κ3) is 5.23. The summed E-state index contributed by atoms with van der Waals surface area (Å²) in [4.78, 5) is 1.16. The average molecular weight is 340 g/mol. The van der Waals surface area contributed by atoms with Crippen LogP contribution in [0.1, 0.15) is 25.0 Å². The van der Waals surface area contributed by atoms with Gasteiger partial charge in [-0.2, -0.15) is 0 Å². The van der Waals surface area contributed by atoms with Gasteiger partial charge in [0.1, 0.15) is 0 Å². The zero-order chi connectivity index (χ0) is 15.2. The largest absolute Gasteiger partial charge is 0.310 e. The van der Waals surface area contributed by atoms with E-state index < -0.39 is 0 Å². The first-order valence-corrected chi connectivity index (χ1v) is 8.68. The van der Waals surface area contributed by atoms with Crippen molar-refractivity contribution < 1.29 is 0 Å². The van der Waals surface area contributed by atoms with Crippen molar-refractivity contribution in [2.24, 2.45) is 0 Å². The molecule has 0 aliphatic rings. The van der Waals surface area contributed by atoms with Crippen molar-refractivity contribution >= 4 is 35.0 Å². The quantitative estimate of drug-likeness (QED) is 0.669. The number of halogens is 2. The Morgan fingerprint density at radius 2 is 1.76 bits per heavy atom. The smallest absolute Gasteiger partial charge is 0.0462 e. The molecule has 0 saturated heterocycles. The Hall–Kier alpha value is -0.670. The summed E-state index contributed by atoms with van der Waals surface area (Å²) in [5.41, 5.74) is 2.28. The highest BCUT2D eigenvalue weighted by atomic mass is 35.5. The molecule has 0 amide bonds. The molecule has 0 aliphatic carbocycles. The van der Waals surface area contributed by atoms with Crippen molar-refractivity contribution in [3.63, 3.8) is 0 Å². The molecule has 21 heavy (non-hydrogen) atoms. The number of rotatable bonds is 6. The standard InChI is InChI=1S/C17H19Cl2NS/c1-12(2)20-10-13-7-8-15(9-17(13)19)21-11-14-5-3-4-6-16(14)18/h3-9,12,20H,10-11H2,1-2H3. The third-order valence-corrected chi connectivity index (χ3v) is 4.84. The number of thioether (sulfide) groups is 1. The lowest BCUT2D eigenvalue weighted by Crippen LogP contribution is -2.21. The fourth-order valence-corrected chi connectivity index (χ4v) is 3.38. The summed E-state index contributed by atoms with van der Waals surface area (Å²) in [6.45, 7) is 5.05. The summed E-state index contributed by atoms with van der Waals surface area (Å²) in [5, 5.41) is 5.00. The SMILES string of the molecule is CC(C)NCc1ccc(SCc2ccccc2Cl)cc1Cl. The summed E-state index contributed by atoms with van der Waals surface area (Å²) < 4.78 is 0. The summed E-state index contributed by atoms with van der Waals surface area (Å²) >= 11 is 14.3. The predicted molar refractivity (Wildman–Crippen MR) is 94.4 cm³/mol. The molecule has 0 atom stereocenters. The van der Waals surface area contributed by atoms with Gasteiger partial charge in [-0.3, -0.25) is 0 Å². The second-order valence-corrected chi connectivity index (χ2v) is 7.03. The highest BCUT2D eigenvalue weighted by molar-refractivity contribution is 7.98. The molecule has 0 heterocycles. The second-order valence-electron chi connectivity index (χ2n) is 5.17. The Bertz CT molecular complexity index is 599. The molecule has 0 unspecified atom stereocenters. The van der Waals surface area contributed by atoms with Gasteiger partial charge < -0.3 is 5.32 Å². The van der Waals surface area contributed by atoms with Crippen LogP contribution in [0.15, 0.2) is 47.4 Å². The minimum Gasteiger partial charge on any atom is -0.310 e. The van der Waals surface area contributed by atoms with Crippen LogP contribution in [0.4, 0.5) is 0 Å². The fourth-order valence-electron chi connectivity index (χ4n) is 1.85. The normalized spacial score (nSPS) is 11.1. The zero-order valence-electron chi connectivity index (χ0n) is 12.2. The van der Waals surface area contributed by atoms with Gasteiger partial charge >= 0.3 is 0 Å². The lowest BCUT2D eigenvalue weighted by molar-refractivity contribution is 0.589. The average Bonchev–Trinajstić information content (AvgIpc) is 2.45. The monoisotopic (exact) mass is 339 g/mol. The van der Waals surface area contributed by atoms with Gasteiger partial charge in [0.05, 0.1) is 0 Å². The zero-order valence-corrected chi connectivity index (χ0v) is 14.5. The van der Waals surface area contributed by atoms with Crippen molar-refractivity contribution in [3.8, 4) is 0 Å². The molecule has 4 heteroatoms. The number of nitrogens with one attached hydrogen (secondary N) is 1. The second kappa shape index (κ2) is 8.09. The molecule has 0 aromatic heterocycles. The molecule has 0 saturated carbocycles. The summed E-state index contributed by atoms with van der Waals surface area (Å²) in [5.74, 6) is 0.847. The van der Waals surface area contributed by atoms with E-state index in [9.17, 15) is 0 Å². The molecule has 2 aromatic carbocycles. The van der Waals surface area contributed by atoms with Crippen LogP contribution in [0.2, 0.25) is 10.0 Å². The summed E-state index contributed by atoms with van der Waals surface area (Å²) in [7, 11) is 0. The Balaban J connectivity index is 1.99. The van der Waals surface area contributed by atoms with Crippen LogP contribution < -0.4 is 5.32 Å². The molecule has 1 nitrogen and oxygen atoms in total. The highest BCUT2D eigenvalue weighted by Crippen LogP contribution is 2.29. The van der Waals surface area contributed by atoms with Crippen molar-refractivity contribution in [2.75, 3.05) is 0 Å². The van der Waals surface area contributed by atoms with Gasteiger partial charge in [-0.05, 0) is 29.3 Å². The molecular weight excluding hydrogens is 321 g/mol. The Morgan fingerprint density at radius 3 is 2.43 bits per heavy atom. The van der Waals surface area contributed by atoms with E-state index in [1.165, 1.54) is 0 Å². The molecule has 0 spiro atoms. The first-order valence-electron chi connectivity index (χ1n) is 6.94. The molecule has 2 aromatic rings. The molecule has 0 fully saturated rings. The molecular formula is C17H19Cl2NS. The third-order valence-electron chi connectivity index (χ3n) is 3.08. The summed E-state index contributed by atoms with van der Waals surface area (Å²) in [6, 6.07) is 14.6. The maximum absolute atomic E-state index is 6.35. The Labute approximate surface area is 141 Å². The Kier molecular flexibility index (Phi) is 6.43. The van der Waals surface area contributed by atoms with Gasteiger partial charge in [-0.25, -0.2) is 0 Å². The fraction of sp³-hybridized carbons (Fsp3) is 0.294. The number of hydrogen-bond acceptors (Lipinski definition) is 2. The maximum Gasteiger partial charge on any atom is 0.0462 e. The van der Waals surface area contributed by atoms with E-state index in [-0.39, 0.29) is 0 Å². The molecule has 1 N–H and O–H groups in total. The maximum atomic E-state index is 6.35. The van der Waals surface area contributed by atoms with Crippen LogP contribution in [-0.4, -0.2) is 6.04 Å². The van der Waals surface area contributed by atoms with Gasteiger partial charge in [0.2, 0.25) is 0 Å². The number of hydrogen-bond donors (Lipinski definition) is 1. The first-order chi connectivity index (χ1) is 10.1. The van der Waals surface area contributed by atoms with Crippen molar-refractivity contribution in [1.82, 2.24) is 5.32 Å². The van der Waals surface area contributed by atoms with Gasteiger partial charge in [0.15, 0.2) is 0 Å². The van der Waals surface area contributed by atoms with Crippen LogP contribution >= 0.6 is 35.0 Å². The van der Waals surface area contributed by atoms with E-state index in [2.05, 4.69) is 37.4 Å². The van der Waals surface area contributed by atoms with Gasteiger partial charge in [-0.1, -0.05) is 61.3 Å². The molecule has 0 aliphatic heterocycles. The van der Waals surface area contributed by atoms with Crippen molar-refractivity contribution in [3.05, 3.63) is 63.6 Å². The molecule has 0 bridgehead atoms.